The standard InChI is InChI=1S/C25H27N5/c1-19-8-6-7-11-22(19)18-28-14-16-29(17-15-28)24-13-12-23-26-25(20(2)30(23)27-24)21-9-4-3-5-10-21/h3-13H,14-18H2,1-2H3. The maximum atomic E-state index is 4.93. The minimum Gasteiger partial charge on any atom is -0.353 e. The van der Waals surface area contributed by atoms with Gasteiger partial charge in [-0.2, -0.15) is 0 Å². The van der Waals surface area contributed by atoms with E-state index in [0.29, 0.717) is 0 Å². The van der Waals surface area contributed by atoms with Gasteiger partial charge < -0.3 is 4.90 Å². The highest BCUT2D eigenvalue weighted by atomic mass is 15.4. The summed E-state index contributed by atoms with van der Waals surface area (Å²) in [6.45, 7) is 9.39. The van der Waals surface area contributed by atoms with Crippen LogP contribution in [0.4, 0.5) is 5.82 Å². The van der Waals surface area contributed by atoms with E-state index in [9.17, 15) is 0 Å². The summed E-state index contributed by atoms with van der Waals surface area (Å²) < 4.78 is 1.98. The van der Waals surface area contributed by atoms with Gasteiger partial charge >= 0.3 is 0 Å². The quantitative estimate of drug-likeness (QED) is 0.513. The second kappa shape index (κ2) is 7.92. The molecular formula is C25H27N5. The molecule has 5 rings (SSSR count). The fraction of sp³-hybridized carbons (Fsp3) is 0.280. The largest absolute Gasteiger partial charge is 0.353 e. The summed E-state index contributed by atoms with van der Waals surface area (Å²) in [5.41, 5.74) is 6.91. The highest BCUT2D eigenvalue weighted by Gasteiger charge is 2.20. The van der Waals surface area contributed by atoms with Crippen molar-refractivity contribution < 1.29 is 0 Å². The first-order chi connectivity index (χ1) is 14.7. The second-order valence-electron chi connectivity index (χ2n) is 8.06. The Kier molecular flexibility index (Phi) is 4.97. The molecule has 0 spiro atoms. The number of fused-ring (bicyclic) bond motifs is 1. The number of hydrogen-bond acceptors (Lipinski definition) is 4. The summed E-state index contributed by atoms with van der Waals surface area (Å²) in [6.07, 6.45) is 0. The van der Waals surface area contributed by atoms with Gasteiger partial charge in [0.05, 0.1) is 11.4 Å². The number of hydrogen-bond donors (Lipinski definition) is 0. The van der Waals surface area contributed by atoms with E-state index in [2.05, 4.69) is 72.2 Å². The first-order valence-corrected chi connectivity index (χ1v) is 10.6. The number of nitrogens with zero attached hydrogens (tertiary/aromatic N) is 5. The fourth-order valence-corrected chi connectivity index (χ4v) is 4.24. The van der Waals surface area contributed by atoms with E-state index in [1.165, 1.54) is 11.1 Å². The summed E-state index contributed by atoms with van der Waals surface area (Å²) >= 11 is 0. The molecule has 0 amide bonds. The average Bonchev–Trinajstić information content (AvgIpc) is 3.12. The van der Waals surface area contributed by atoms with Crippen LogP contribution in [0, 0.1) is 13.8 Å². The molecule has 0 N–H and O–H groups in total. The average molecular weight is 398 g/mol. The van der Waals surface area contributed by atoms with E-state index < -0.39 is 0 Å². The number of benzene rings is 2. The summed E-state index contributed by atoms with van der Waals surface area (Å²) in [6, 6.07) is 23.2. The van der Waals surface area contributed by atoms with Crippen molar-refractivity contribution in [3.8, 4) is 11.3 Å². The summed E-state index contributed by atoms with van der Waals surface area (Å²) in [7, 11) is 0. The van der Waals surface area contributed by atoms with Crippen molar-refractivity contribution in [1.82, 2.24) is 19.5 Å². The minimum atomic E-state index is 0.897. The van der Waals surface area contributed by atoms with Gasteiger partial charge in [-0.05, 0) is 37.1 Å². The second-order valence-corrected chi connectivity index (χ2v) is 8.06. The lowest BCUT2D eigenvalue weighted by Crippen LogP contribution is -2.46. The van der Waals surface area contributed by atoms with Gasteiger partial charge in [0.15, 0.2) is 5.65 Å². The van der Waals surface area contributed by atoms with Crippen LogP contribution in [0.1, 0.15) is 16.8 Å². The molecule has 5 heteroatoms. The van der Waals surface area contributed by atoms with Crippen molar-refractivity contribution in [2.75, 3.05) is 31.1 Å². The van der Waals surface area contributed by atoms with Crippen molar-refractivity contribution in [1.29, 1.82) is 0 Å². The number of aromatic nitrogens is 3. The molecule has 0 saturated carbocycles. The van der Waals surface area contributed by atoms with E-state index in [4.69, 9.17) is 10.1 Å². The topological polar surface area (TPSA) is 36.7 Å². The molecule has 1 aliphatic rings. The number of anilines is 1. The predicted molar refractivity (Wildman–Crippen MR) is 122 cm³/mol. The molecule has 1 saturated heterocycles. The zero-order valence-corrected chi connectivity index (χ0v) is 17.6. The molecule has 0 unspecified atom stereocenters. The monoisotopic (exact) mass is 397 g/mol. The third-order valence-electron chi connectivity index (χ3n) is 6.09. The summed E-state index contributed by atoms with van der Waals surface area (Å²) in [5, 5.41) is 4.93. The van der Waals surface area contributed by atoms with Gasteiger partial charge in [-0.25, -0.2) is 9.50 Å². The highest BCUT2D eigenvalue weighted by molar-refractivity contribution is 5.66. The molecule has 1 aliphatic heterocycles. The molecule has 30 heavy (non-hydrogen) atoms. The Morgan fingerprint density at radius 1 is 0.800 bits per heavy atom. The molecule has 0 radical (unpaired) electrons. The third-order valence-corrected chi connectivity index (χ3v) is 6.09. The number of piperazine rings is 1. The molecule has 0 aliphatic carbocycles. The van der Waals surface area contributed by atoms with Crippen LogP contribution >= 0.6 is 0 Å². The van der Waals surface area contributed by atoms with E-state index in [1.54, 1.807) is 0 Å². The predicted octanol–water partition coefficient (Wildman–Crippen LogP) is 4.34. The first kappa shape index (κ1) is 18.8. The lowest BCUT2D eigenvalue weighted by atomic mass is 10.1. The van der Waals surface area contributed by atoms with Crippen molar-refractivity contribution in [3.05, 3.63) is 83.6 Å². The lowest BCUT2D eigenvalue weighted by Gasteiger charge is -2.35. The normalized spacial score (nSPS) is 15.1. The Balaban J connectivity index is 1.32. The van der Waals surface area contributed by atoms with E-state index in [1.807, 2.05) is 22.7 Å². The van der Waals surface area contributed by atoms with Gasteiger partial charge in [-0.3, -0.25) is 4.90 Å². The minimum absolute atomic E-state index is 0.897. The zero-order valence-electron chi connectivity index (χ0n) is 17.6. The van der Waals surface area contributed by atoms with Gasteiger partial charge in [0.2, 0.25) is 0 Å². The fourth-order valence-electron chi connectivity index (χ4n) is 4.24. The summed E-state index contributed by atoms with van der Waals surface area (Å²) in [5.74, 6) is 1.03. The molecular weight excluding hydrogens is 370 g/mol. The van der Waals surface area contributed by atoms with Crippen LogP contribution in [0.3, 0.4) is 0 Å². The Labute approximate surface area is 177 Å². The van der Waals surface area contributed by atoms with Crippen LogP contribution < -0.4 is 4.90 Å². The molecule has 2 aromatic carbocycles. The first-order valence-electron chi connectivity index (χ1n) is 10.6. The van der Waals surface area contributed by atoms with Gasteiger partial charge in [-0.1, -0.05) is 54.6 Å². The third kappa shape index (κ3) is 3.57. The lowest BCUT2D eigenvalue weighted by molar-refractivity contribution is 0.248. The SMILES string of the molecule is Cc1ccccc1CN1CCN(c2ccc3nc(-c4ccccc4)c(C)n3n2)CC1. The maximum absolute atomic E-state index is 4.93. The number of aryl methyl sites for hydroxylation is 2. The van der Waals surface area contributed by atoms with Crippen molar-refractivity contribution >= 4 is 11.5 Å². The molecule has 1 fully saturated rings. The van der Waals surface area contributed by atoms with E-state index in [0.717, 1.165) is 61.1 Å². The molecule has 5 nitrogen and oxygen atoms in total. The van der Waals surface area contributed by atoms with Crippen LogP contribution in [-0.4, -0.2) is 45.7 Å². The van der Waals surface area contributed by atoms with Crippen molar-refractivity contribution in [3.63, 3.8) is 0 Å². The van der Waals surface area contributed by atoms with Crippen molar-refractivity contribution in [2.45, 2.75) is 20.4 Å². The van der Waals surface area contributed by atoms with Crippen LogP contribution in [0.2, 0.25) is 0 Å². The number of imidazole rings is 1. The Morgan fingerprint density at radius 2 is 1.53 bits per heavy atom. The molecule has 2 aromatic heterocycles. The van der Waals surface area contributed by atoms with E-state index in [-0.39, 0.29) is 0 Å². The van der Waals surface area contributed by atoms with Crippen LogP contribution in [0.25, 0.3) is 16.9 Å². The molecule has 0 atom stereocenters. The molecule has 152 valence electrons. The molecule has 0 bridgehead atoms. The molecule has 4 aromatic rings. The number of rotatable bonds is 4. The van der Waals surface area contributed by atoms with Crippen LogP contribution in [0.5, 0.6) is 0 Å². The Morgan fingerprint density at radius 3 is 2.30 bits per heavy atom. The summed E-state index contributed by atoms with van der Waals surface area (Å²) in [4.78, 5) is 9.73. The molecule has 3 heterocycles. The van der Waals surface area contributed by atoms with Crippen molar-refractivity contribution in [2.24, 2.45) is 0 Å². The van der Waals surface area contributed by atoms with Gasteiger partial charge in [0, 0.05) is 38.3 Å². The van der Waals surface area contributed by atoms with Gasteiger partial charge in [-0.15, -0.1) is 5.10 Å². The highest BCUT2D eigenvalue weighted by Crippen LogP contribution is 2.24. The maximum Gasteiger partial charge on any atom is 0.154 e. The smallest absolute Gasteiger partial charge is 0.154 e. The van der Waals surface area contributed by atoms with Gasteiger partial charge in [0.1, 0.15) is 5.82 Å². The van der Waals surface area contributed by atoms with Gasteiger partial charge in [0.25, 0.3) is 0 Å². The Bertz CT molecular complexity index is 1160. The van der Waals surface area contributed by atoms with Crippen LogP contribution in [0.15, 0.2) is 66.7 Å². The van der Waals surface area contributed by atoms with Crippen LogP contribution in [-0.2, 0) is 6.54 Å². The zero-order chi connectivity index (χ0) is 20.5. The van der Waals surface area contributed by atoms with E-state index >= 15 is 0 Å². The Hall–Kier alpha value is -3.18.